The lowest BCUT2D eigenvalue weighted by Crippen LogP contribution is -2.35. The molecule has 1 aliphatic rings. The molecule has 1 aromatic rings. The summed E-state index contributed by atoms with van der Waals surface area (Å²) in [6, 6.07) is 7.62. The zero-order valence-corrected chi connectivity index (χ0v) is 11.4. The molecule has 20 heavy (non-hydrogen) atoms. The van der Waals surface area contributed by atoms with E-state index in [9.17, 15) is 13.6 Å². The summed E-state index contributed by atoms with van der Waals surface area (Å²) in [4.78, 5) is 12.0. The highest BCUT2D eigenvalue weighted by Gasteiger charge is 2.37. The molecular weight excluding hydrogens is 262 g/mol. The van der Waals surface area contributed by atoms with Crippen LogP contribution in [0.25, 0.3) is 0 Å². The first-order chi connectivity index (χ1) is 9.52. The van der Waals surface area contributed by atoms with E-state index in [4.69, 9.17) is 5.73 Å². The van der Waals surface area contributed by atoms with Crippen molar-refractivity contribution in [2.24, 2.45) is 11.7 Å². The van der Waals surface area contributed by atoms with Gasteiger partial charge in [0.15, 0.2) is 0 Å². The van der Waals surface area contributed by atoms with Crippen LogP contribution in [0, 0.1) is 5.92 Å². The Morgan fingerprint density at radius 3 is 2.45 bits per heavy atom. The number of alkyl halides is 2. The van der Waals surface area contributed by atoms with Gasteiger partial charge in [-0.3, -0.25) is 4.79 Å². The fourth-order valence-electron chi connectivity index (χ4n) is 2.56. The molecule has 0 unspecified atom stereocenters. The Hall–Kier alpha value is -1.49. The molecule has 0 saturated heterocycles. The van der Waals surface area contributed by atoms with E-state index in [1.54, 1.807) is 0 Å². The number of amides is 1. The molecule has 3 nitrogen and oxygen atoms in total. The van der Waals surface area contributed by atoms with Crippen LogP contribution in [-0.4, -0.2) is 11.8 Å². The second kappa shape index (κ2) is 6.31. The number of nitrogens with two attached hydrogens (primary N) is 1. The second-order valence-electron chi connectivity index (χ2n) is 5.32. The van der Waals surface area contributed by atoms with Crippen molar-refractivity contribution in [1.82, 2.24) is 5.32 Å². The van der Waals surface area contributed by atoms with Crippen molar-refractivity contribution in [2.75, 3.05) is 0 Å². The molecule has 1 aliphatic carbocycles. The maximum atomic E-state index is 13.0. The van der Waals surface area contributed by atoms with Gasteiger partial charge in [-0.15, -0.1) is 0 Å². The highest BCUT2D eigenvalue weighted by atomic mass is 19.3. The van der Waals surface area contributed by atoms with Crippen molar-refractivity contribution in [3.8, 4) is 0 Å². The highest BCUT2D eigenvalue weighted by Crippen LogP contribution is 2.36. The molecule has 1 aromatic carbocycles. The highest BCUT2D eigenvalue weighted by molar-refractivity contribution is 5.78. The monoisotopic (exact) mass is 282 g/mol. The van der Waals surface area contributed by atoms with Gasteiger partial charge in [-0.25, -0.2) is 8.78 Å². The predicted octanol–water partition coefficient (Wildman–Crippen LogP) is 2.59. The summed E-state index contributed by atoms with van der Waals surface area (Å²) in [6.07, 6.45) is 0.143. The first-order valence-corrected chi connectivity index (χ1v) is 6.94. The van der Waals surface area contributed by atoms with Crippen molar-refractivity contribution >= 4 is 5.91 Å². The van der Waals surface area contributed by atoms with Crippen molar-refractivity contribution in [2.45, 2.75) is 44.7 Å². The van der Waals surface area contributed by atoms with Crippen LogP contribution in [0.4, 0.5) is 8.78 Å². The first kappa shape index (κ1) is 14.9. The van der Waals surface area contributed by atoms with Crippen molar-refractivity contribution < 1.29 is 13.6 Å². The largest absolute Gasteiger partial charge is 0.352 e. The number of hydrogen-bond donors (Lipinski definition) is 2. The normalized spacial score (nSPS) is 18.8. The number of carbonyl (C=O) groups excluding carboxylic acids is 1. The third-order valence-corrected chi connectivity index (χ3v) is 3.88. The summed E-state index contributed by atoms with van der Waals surface area (Å²) in [7, 11) is 0. The van der Waals surface area contributed by atoms with E-state index in [-0.39, 0.29) is 37.5 Å². The quantitative estimate of drug-likeness (QED) is 0.892. The van der Waals surface area contributed by atoms with E-state index in [0.717, 1.165) is 11.1 Å². The van der Waals surface area contributed by atoms with E-state index >= 15 is 0 Å². The van der Waals surface area contributed by atoms with Crippen molar-refractivity contribution in [3.05, 3.63) is 35.4 Å². The van der Waals surface area contributed by atoms with Gasteiger partial charge in [-0.2, -0.15) is 0 Å². The Morgan fingerprint density at radius 2 is 1.85 bits per heavy atom. The molecule has 1 fully saturated rings. The molecule has 3 N–H and O–H groups in total. The number of carbonyl (C=O) groups is 1. The average Bonchev–Trinajstić information content (AvgIpc) is 2.45. The summed E-state index contributed by atoms with van der Waals surface area (Å²) >= 11 is 0. The third-order valence-electron chi connectivity index (χ3n) is 3.88. The smallest absolute Gasteiger partial charge is 0.248 e. The van der Waals surface area contributed by atoms with Crippen LogP contribution >= 0.6 is 0 Å². The molecule has 0 radical (unpaired) electrons. The van der Waals surface area contributed by atoms with Gasteiger partial charge < -0.3 is 11.1 Å². The average molecular weight is 282 g/mol. The topological polar surface area (TPSA) is 55.1 Å². The van der Waals surface area contributed by atoms with Crippen molar-refractivity contribution in [1.29, 1.82) is 0 Å². The summed E-state index contributed by atoms with van der Waals surface area (Å²) in [5, 5.41) is 2.83. The summed E-state index contributed by atoms with van der Waals surface area (Å²) in [6.45, 7) is 0.820. The van der Waals surface area contributed by atoms with Gasteiger partial charge in [0.25, 0.3) is 0 Å². The molecular formula is C15H20F2N2O. The Bertz CT molecular complexity index is 467. The minimum atomic E-state index is -2.59. The van der Waals surface area contributed by atoms with E-state index in [1.807, 2.05) is 24.3 Å². The van der Waals surface area contributed by atoms with Gasteiger partial charge in [0.1, 0.15) is 0 Å². The maximum Gasteiger partial charge on any atom is 0.248 e. The molecule has 0 heterocycles. The van der Waals surface area contributed by atoms with E-state index in [2.05, 4.69) is 5.32 Å². The molecule has 5 heteroatoms. The third kappa shape index (κ3) is 3.76. The fourth-order valence-corrected chi connectivity index (χ4v) is 2.56. The van der Waals surface area contributed by atoms with E-state index < -0.39 is 5.92 Å². The maximum absolute atomic E-state index is 13.0. The van der Waals surface area contributed by atoms with Crippen LogP contribution in [-0.2, 0) is 17.9 Å². The van der Waals surface area contributed by atoms with Gasteiger partial charge in [-0.1, -0.05) is 24.3 Å². The van der Waals surface area contributed by atoms with Gasteiger partial charge in [0.05, 0.1) is 0 Å². The fraction of sp³-hybridized carbons (Fsp3) is 0.533. The first-order valence-electron chi connectivity index (χ1n) is 6.94. The zero-order chi connectivity index (χ0) is 14.6. The number of nitrogens with one attached hydrogen (secondary N) is 1. The molecule has 0 atom stereocenters. The molecule has 0 bridgehead atoms. The Kier molecular flexibility index (Phi) is 4.70. The van der Waals surface area contributed by atoms with Crippen LogP contribution in [0.5, 0.6) is 0 Å². The SMILES string of the molecule is NCc1ccccc1CNC(=O)C1CCC(F)(F)CC1. The minimum Gasteiger partial charge on any atom is -0.352 e. The van der Waals surface area contributed by atoms with Crippen LogP contribution in [0.2, 0.25) is 0 Å². The number of hydrogen-bond acceptors (Lipinski definition) is 2. The van der Waals surface area contributed by atoms with Gasteiger partial charge in [0, 0.05) is 31.8 Å². The molecule has 1 saturated carbocycles. The lowest BCUT2D eigenvalue weighted by Gasteiger charge is -2.27. The zero-order valence-electron chi connectivity index (χ0n) is 11.4. The summed E-state index contributed by atoms with van der Waals surface area (Å²) in [5.74, 6) is -3.02. The van der Waals surface area contributed by atoms with Crippen LogP contribution < -0.4 is 11.1 Å². The minimum absolute atomic E-state index is 0.132. The van der Waals surface area contributed by atoms with E-state index in [1.165, 1.54) is 0 Å². The van der Waals surface area contributed by atoms with Crippen LogP contribution in [0.15, 0.2) is 24.3 Å². The number of halogens is 2. The molecule has 1 amide bonds. The van der Waals surface area contributed by atoms with Crippen LogP contribution in [0.3, 0.4) is 0 Å². The predicted molar refractivity (Wildman–Crippen MR) is 73.1 cm³/mol. The molecule has 0 aromatic heterocycles. The molecule has 2 rings (SSSR count). The number of benzene rings is 1. The second-order valence-corrected chi connectivity index (χ2v) is 5.32. The van der Waals surface area contributed by atoms with E-state index in [0.29, 0.717) is 13.1 Å². The van der Waals surface area contributed by atoms with Gasteiger partial charge in [0.2, 0.25) is 11.8 Å². The summed E-state index contributed by atoms with van der Waals surface area (Å²) in [5.41, 5.74) is 7.60. The lowest BCUT2D eigenvalue weighted by molar-refractivity contribution is -0.129. The Morgan fingerprint density at radius 1 is 1.25 bits per heavy atom. The lowest BCUT2D eigenvalue weighted by atomic mass is 9.86. The standard InChI is InChI=1S/C15H20F2N2O/c16-15(17)7-5-11(6-8-15)14(20)19-10-13-4-2-1-3-12(13)9-18/h1-4,11H,5-10,18H2,(H,19,20). The van der Waals surface area contributed by atoms with Gasteiger partial charge >= 0.3 is 0 Å². The van der Waals surface area contributed by atoms with Crippen molar-refractivity contribution in [3.63, 3.8) is 0 Å². The summed E-state index contributed by atoms with van der Waals surface area (Å²) < 4.78 is 26.1. The molecule has 110 valence electrons. The Balaban J connectivity index is 1.86. The molecule has 0 spiro atoms. The van der Waals surface area contributed by atoms with Gasteiger partial charge in [-0.05, 0) is 24.0 Å². The van der Waals surface area contributed by atoms with Crippen LogP contribution in [0.1, 0.15) is 36.8 Å². The number of rotatable bonds is 4. The Labute approximate surface area is 117 Å². The molecule has 0 aliphatic heterocycles.